The third kappa shape index (κ3) is 3.60. The standard InChI is InChI=1S/C10H16.C5H9NO4/c1-7-4-5-8-6-9(7)10(8,2)3;1-6-3(5(9)10)2-4(7)8/h8H,4-6H2,1-3H3;3,6H,2H2,1H3,(H,7,8)(H,9,10)/t;3-/m.1/s1. The first-order chi connectivity index (χ1) is 9.20. The van der Waals surface area contributed by atoms with Crippen molar-refractivity contribution in [2.24, 2.45) is 11.3 Å². The van der Waals surface area contributed by atoms with Gasteiger partial charge < -0.3 is 15.5 Å². The van der Waals surface area contributed by atoms with Crippen molar-refractivity contribution in [2.75, 3.05) is 7.05 Å². The van der Waals surface area contributed by atoms with Crippen molar-refractivity contribution in [2.45, 2.75) is 52.5 Å². The highest BCUT2D eigenvalue weighted by atomic mass is 16.4. The number of carboxylic acid groups (broad SMARTS) is 2. The SMILES string of the molecule is CC1=C2CC(CC1)C2(C)C.CN[C@H](CC(=O)O)C(=O)O. The first-order valence-electron chi connectivity index (χ1n) is 7.01. The number of carboxylic acids is 2. The number of rotatable bonds is 4. The van der Waals surface area contributed by atoms with E-state index in [1.165, 1.54) is 26.3 Å². The smallest absolute Gasteiger partial charge is 0.321 e. The molecule has 0 aliphatic heterocycles. The normalized spacial score (nSPS) is 24.1. The average molecular weight is 283 g/mol. The van der Waals surface area contributed by atoms with Gasteiger partial charge in [0.05, 0.1) is 6.42 Å². The monoisotopic (exact) mass is 283 g/mol. The fourth-order valence-electron chi connectivity index (χ4n) is 3.10. The van der Waals surface area contributed by atoms with E-state index < -0.39 is 24.4 Å². The molecule has 0 aromatic rings. The first-order valence-corrected chi connectivity index (χ1v) is 7.01. The molecule has 5 heteroatoms. The Balaban J connectivity index is 0.000000200. The summed E-state index contributed by atoms with van der Waals surface area (Å²) in [7, 11) is 1.40. The minimum absolute atomic E-state index is 0.397. The van der Waals surface area contributed by atoms with Crippen molar-refractivity contribution in [1.82, 2.24) is 5.32 Å². The second-order valence-electron chi connectivity index (χ2n) is 6.20. The maximum Gasteiger partial charge on any atom is 0.321 e. The molecule has 0 amide bonds. The van der Waals surface area contributed by atoms with Crippen LogP contribution in [-0.4, -0.2) is 35.2 Å². The lowest BCUT2D eigenvalue weighted by Gasteiger charge is -2.52. The minimum Gasteiger partial charge on any atom is -0.481 e. The quantitative estimate of drug-likeness (QED) is 0.689. The van der Waals surface area contributed by atoms with E-state index in [2.05, 4.69) is 26.1 Å². The number of hydrogen-bond acceptors (Lipinski definition) is 3. The van der Waals surface area contributed by atoms with Crippen LogP contribution in [-0.2, 0) is 9.59 Å². The molecule has 1 saturated carbocycles. The molecule has 3 rings (SSSR count). The van der Waals surface area contributed by atoms with E-state index in [0.29, 0.717) is 5.41 Å². The molecule has 3 aliphatic rings. The van der Waals surface area contributed by atoms with Gasteiger partial charge in [0, 0.05) is 0 Å². The molecule has 1 unspecified atom stereocenters. The molecule has 114 valence electrons. The van der Waals surface area contributed by atoms with E-state index in [-0.39, 0.29) is 0 Å². The topological polar surface area (TPSA) is 86.6 Å². The number of fused-ring (bicyclic) bond motifs is 2. The van der Waals surface area contributed by atoms with Gasteiger partial charge >= 0.3 is 11.9 Å². The van der Waals surface area contributed by atoms with Crippen LogP contribution < -0.4 is 5.32 Å². The summed E-state index contributed by atoms with van der Waals surface area (Å²) in [5.74, 6) is -1.25. The molecule has 0 spiro atoms. The fraction of sp³-hybridized carbons (Fsp3) is 0.733. The molecule has 0 aromatic heterocycles. The Bertz CT molecular complexity index is 426. The van der Waals surface area contributed by atoms with Gasteiger partial charge in [0.2, 0.25) is 0 Å². The molecule has 1 fully saturated rings. The molecule has 5 nitrogen and oxygen atoms in total. The summed E-state index contributed by atoms with van der Waals surface area (Å²) in [5.41, 5.74) is 4.04. The van der Waals surface area contributed by atoms with Crippen LogP contribution in [0.5, 0.6) is 0 Å². The van der Waals surface area contributed by atoms with Gasteiger partial charge in [-0.3, -0.25) is 9.59 Å². The molecule has 2 atom stereocenters. The van der Waals surface area contributed by atoms with E-state index in [1.807, 2.05) is 0 Å². The average Bonchev–Trinajstić information content (AvgIpc) is 2.35. The van der Waals surface area contributed by atoms with Crippen LogP contribution in [0.25, 0.3) is 0 Å². The largest absolute Gasteiger partial charge is 0.481 e. The fourth-order valence-corrected chi connectivity index (χ4v) is 3.10. The lowest BCUT2D eigenvalue weighted by molar-refractivity contribution is -0.145. The van der Waals surface area contributed by atoms with Crippen molar-refractivity contribution >= 4 is 11.9 Å². The van der Waals surface area contributed by atoms with Crippen LogP contribution >= 0.6 is 0 Å². The van der Waals surface area contributed by atoms with Crippen LogP contribution in [0.4, 0.5) is 0 Å². The second-order valence-corrected chi connectivity index (χ2v) is 6.20. The molecular weight excluding hydrogens is 258 g/mol. The van der Waals surface area contributed by atoms with Gasteiger partial charge in [-0.15, -0.1) is 0 Å². The van der Waals surface area contributed by atoms with Gasteiger partial charge in [0.1, 0.15) is 6.04 Å². The third-order valence-corrected chi connectivity index (χ3v) is 4.66. The first kappa shape index (κ1) is 16.7. The van der Waals surface area contributed by atoms with Gasteiger partial charge in [-0.05, 0) is 44.6 Å². The predicted molar refractivity (Wildman–Crippen MR) is 76.6 cm³/mol. The lowest BCUT2D eigenvalue weighted by atomic mass is 9.52. The number of carbonyl (C=O) groups is 2. The number of nitrogens with one attached hydrogen (secondary N) is 1. The summed E-state index contributed by atoms with van der Waals surface area (Å²) < 4.78 is 0. The number of aliphatic carboxylic acids is 2. The predicted octanol–water partition coefficient (Wildman–Crippen LogP) is 2.28. The van der Waals surface area contributed by atoms with Crippen LogP contribution in [0.2, 0.25) is 0 Å². The molecule has 3 aliphatic carbocycles. The zero-order valence-corrected chi connectivity index (χ0v) is 12.7. The Morgan fingerprint density at radius 1 is 1.40 bits per heavy atom. The lowest BCUT2D eigenvalue weighted by Crippen LogP contribution is -2.41. The molecule has 3 N–H and O–H groups in total. The van der Waals surface area contributed by atoms with Crippen LogP contribution in [0.15, 0.2) is 11.1 Å². The highest BCUT2D eigenvalue weighted by Crippen LogP contribution is 2.58. The van der Waals surface area contributed by atoms with Crippen molar-refractivity contribution in [1.29, 1.82) is 0 Å². The van der Waals surface area contributed by atoms with Crippen molar-refractivity contribution in [3.63, 3.8) is 0 Å². The van der Waals surface area contributed by atoms with E-state index in [0.717, 1.165) is 5.92 Å². The number of likely N-dealkylation sites (N-methyl/N-ethyl adjacent to an activating group) is 1. The van der Waals surface area contributed by atoms with Crippen LogP contribution in [0.3, 0.4) is 0 Å². The summed E-state index contributed by atoms with van der Waals surface area (Å²) in [6.07, 6.45) is 3.84. The summed E-state index contributed by atoms with van der Waals surface area (Å²) >= 11 is 0. The molecular formula is C15H25NO4. The molecule has 20 heavy (non-hydrogen) atoms. The van der Waals surface area contributed by atoms with Crippen LogP contribution in [0, 0.1) is 11.3 Å². The van der Waals surface area contributed by atoms with Gasteiger partial charge in [0.15, 0.2) is 0 Å². The number of hydrogen-bond donors (Lipinski definition) is 3. The molecule has 0 saturated heterocycles. The van der Waals surface area contributed by atoms with E-state index in [1.54, 1.807) is 11.1 Å². The maximum atomic E-state index is 10.1. The molecule has 0 heterocycles. The summed E-state index contributed by atoms with van der Waals surface area (Å²) in [6.45, 7) is 7.12. The zero-order chi connectivity index (χ0) is 15.5. The Morgan fingerprint density at radius 2 is 2.00 bits per heavy atom. The van der Waals surface area contributed by atoms with E-state index in [9.17, 15) is 9.59 Å². The summed E-state index contributed by atoms with van der Waals surface area (Å²) in [4.78, 5) is 20.1. The maximum absolute atomic E-state index is 10.1. The highest BCUT2D eigenvalue weighted by Gasteiger charge is 2.46. The van der Waals surface area contributed by atoms with Crippen molar-refractivity contribution in [3.8, 4) is 0 Å². The van der Waals surface area contributed by atoms with Crippen molar-refractivity contribution in [3.05, 3.63) is 11.1 Å². The molecule has 0 aromatic carbocycles. The number of allylic oxidation sites excluding steroid dienone is 2. The van der Waals surface area contributed by atoms with Gasteiger partial charge in [0.25, 0.3) is 0 Å². The second kappa shape index (κ2) is 6.39. The Hall–Kier alpha value is -1.36. The van der Waals surface area contributed by atoms with E-state index >= 15 is 0 Å². The molecule has 0 radical (unpaired) electrons. The third-order valence-electron chi connectivity index (χ3n) is 4.66. The van der Waals surface area contributed by atoms with Gasteiger partial charge in [-0.1, -0.05) is 25.0 Å². The Morgan fingerprint density at radius 3 is 2.20 bits per heavy atom. The summed E-state index contributed by atoms with van der Waals surface area (Å²) in [6, 6.07) is -0.988. The highest BCUT2D eigenvalue weighted by molar-refractivity contribution is 5.80. The van der Waals surface area contributed by atoms with Gasteiger partial charge in [-0.25, -0.2) is 0 Å². The Labute approximate surface area is 120 Å². The van der Waals surface area contributed by atoms with Crippen molar-refractivity contribution < 1.29 is 19.8 Å². The van der Waals surface area contributed by atoms with Gasteiger partial charge in [-0.2, -0.15) is 0 Å². The van der Waals surface area contributed by atoms with Crippen LogP contribution in [0.1, 0.15) is 46.5 Å². The molecule has 2 bridgehead atoms. The minimum atomic E-state index is -1.15. The summed E-state index contributed by atoms with van der Waals surface area (Å²) in [5, 5.41) is 18.8. The van der Waals surface area contributed by atoms with E-state index in [4.69, 9.17) is 10.2 Å². The Kier molecular flexibility index (Phi) is 5.34. The zero-order valence-electron chi connectivity index (χ0n) is 12.7.